The minimum Gasteiger partial charge on any atom is -0.748 e. The van der Waals surface area contributed by atoms with Crippen molar-refractivity contribution in [1.29, 1.82) is 0 Å². The molecule has 0 heterocycles. The smallest absolute Gasteiger partial charge is 0.748 e. The predicted molar refractivity (Wildman–Crippen MR) is 40.3 cm³/mol. The summed E-state index contributed by atoms with van der Waals surface area (Å²) in [6, 6.07) is 0. The molecule has 0 aromatic heterocycles. The molecule has 0 unspecified atom stereocenters. The van der Waals surface area contributed by atoms with Gasteiger partial charge in [0, 0.05) is 5.75 Å². The van der Waals surface area contributed by atoms with E-state index in [2.05, 4.69) is 11.3 Å². The predicted octanol–water partition coefficient (Wildman–Crippen LogP) is -3.35. The van der Waals surface area contributed by atoms with Crippen molar-refractivity contribution in [3.05, 3.63) is 12.7 Å². The van der Waals surface area contributed by atoms with E-state index in [1.54, 1.807) is 0 Å². The molecular weight excluding hydrogens is 223 g/mol. The fourth-order valence-corrected chi connectivity index (χ4v) is 0.849. The van der Waals surface area contributed by atoms with Gasteiger partial charge in [-0.2, -0.15) is 0 Å². The molecule has 0 aliphatic carbocycles. The maximum absolute atomic E-state index is 10.6. The monoisotopic (exact) mass is 232 g/mol. The van der Waals surface area contributed by atoms with Gasteiger partial charge in [-0.3, -0.25) is 4.79 Å². The van der Waals surface area contributed by atoms with E-state index in [-0.39, 0.29) is 58.0 Å². The van der Waals surface area contributed by atoms with Gasteiger partial charge in [-0.05, 0) is 0 Å². The quantitative estimate of drug-likeness (QED) is 0.214. The van der Waals surface area contributed by atoms with E-state index in [1.807, 2.05) is 0 Å². The Kier molecular flexibility index (Phi) is 10.1. The molecule has 0 fully saturated rings. The van der Waals surface area contributed by atoms with E-state index in [0.717, 1.165) is 0 Å². The van der Waals surface area contributed by atoms with Gasteiger partial charge in [0.05, 0.1) is 16.5 Å². The van der Waals surface area contributed by atoms with Crippen LogP contribution in [0.1, 0.15) is 6.42 Å². The van der Waals surface area contributed by atoms with Crippen molar-refractivity contribution in [2.24, 2.45) is 0 Å². The van der Waals surface area contributed by atoms with E-state index < -0.39 is 28.3 Å². The summed E-state index contributed by atoms with van der Waals surface area (Å²) in [6.45, 7) is 3.31. The maximum atomic E-state index is 10.6. The zero-order chi connectivity index (χ0) is 9.61. The van der Waals surface area contributed by atoms with Gasteiger partial charge >= 0.3 is 57.4 Å². The Morgan fingerprint density at radius 3 is 2.46 bits per heavy atom. The Balaban J connectivity index is 0. The second-order valence-corrected chi connectivity index (χ2v) is 3.51. The first-order valence-corrected chi connectivity index (χ1v) is 4.73. The topological polar surface area (TPSA) is 83.5 Å². The Morgan fingerprint density at radius 2 is 2.08 bits per heavy atom. The molecule has 0 aromatic rings. The first-order chi connectivity index (χ1) is 5.45. The van der Waals surface area contributed by atoms with Crippen molar-refractivity contribution >= 4 is 16.1 Å². The fourth-order valence-electron chi connectivity index (χ4n) is 0.432. The van der Waals surface area contributed by atoms with Gasteiger partial charge in [-0.15, -0.1) is 0 Å². The number of esters is 1. The summed E-state index contributed by atoms with van der Waals surface area (Å²) in [5.74, 6) is -1.43. The Hall–Kier alpha value is 0.756. The number of hydrogen-bond donors (Lipinski definition) is 0. The molecule has 0 saturated heterocycles. The minimum atomic E-state index is -4.32. The van der Waals surface area contributed by atoms with Crippen LogP contribution in [0.15, 0.2) is 12.7 Å². The summed E-state index contributed by atoms with van der Waals surface area (Å²) in [5, 5.41) is 0. The Morgan fingerprint density at radius 1 is 1.54 bits per heavy atom. The molecule has 7 heteroatoms. The van der Waals surface area contributed by atoms with Gasteiger partial charge in [0.1, 0.15) is 6.61 Å². The summed E-state index contributed by atoms with van der Waals surface area (Å²) in [5.41, 5.74) is 0. The molecule has 5 nitrogen and oxygen atoms in total. The number of rotatable bonds is 5. The minimum absolute atomic E-state index is 0. The zero-order valence-electron chi connectivity index (χ0n) is 7.36. The molecule has 0 aliphatic heterocycles. The van der Waals surface area contributed by atoms with Gasteiger partial charge in [0.25, 0.3) is 0 Å². The molecule has 70 valence electrons. The molecule has 0 radical (unpaired) electrons. The molecule has 0 saturated carbocycles. The third kappa shape index (κ3) is 12.8. The molecule has 0 rings (SSSR count). The van der Waals surface area contributed by atoms with Crippen LogP contribution < -0.4 is 51.4 Å². The molecular formula is C6H9KO5S. The van der Waals surface area contributed by atoms with Crippen molar-refractivity contribution in [1.82, 2.24) is 0 Å². The summed E-state index contributed by atoms with van der Waals surface area (Å²) in [7, 11) is -4.32. The largest absolute Gasteiger partial charge is 1.00 e. The van der Waals surface area contributed by atoms with Crippen LogP contribution in [0, 0.1) is 0 Å². The van der Waals surface area contributed by atoms with Crippen molar-refractivity contribution < 1.29 is 73.9 Å². The molecule has 0 aliphatic rings. The first-order valence-electron chi connectivity index (χ1n) is 3.16. The normalized spacial score (nSPS) is 9.92. The van der Waals surface area contributed by atoms with Crippen molar-refractivity contribution in [3.63, 3.8) is 0 Å². The van der Waals surface area contributed by atoms with Crippen molar-refractivity contribution in [2.45, 2.75) is 6.42 Å². The maximum Gasteiger partial charge on any atom is 1.00 e. The van der Waals surface area contributed by atoms with E-state index >= 15 is 0 Å². The summed E-state index contributed by atoms with van der Waals surface area (Å²) >= 11 is 0. The number of hydrogen-bond acceptors (Lipinski definition) is 5. The second-order valence-electron chi connectivity index (χ2n) is 1.98. The van der Waals surface area contributed by atoms with Crippen LogP contribution >= 0.6 is 0 Å². The van der Waals surface area contributed by atoms with Crippen LogP contribution in [0.3, 0.4) is 0 Å². The molecule has 0 spiro atoms. The number of ether oxygens (including phenoxy) is 1. The van der Waals surface area contributed by atoms with E-state index in [9.17, 15) is 17.8 Å². The average molecular weight is 232 g/mol. The first kappa shape index (κ1) is 16.2. The van der Waals surface area contributed by atoms with Gasteiger partial charge in [-0.25, -0.2) is 8.42 Å². The summed E-state index contributed by atoms with van der Waals surface area (Å²) in [4.78, 5) is 10.6. The Bertz CT molecular complexity index is 258. The van der Waals surface area contributed by atoms with Crippen LogP contribution in [0.25, 0.3) is 0 Å². The molecule has 0 N–H and O–H groups in total. The van der Waals surface area contributed by atoms with Gasteiger partial charge in [-0.1, -0.05) is 12.7 Å². The molecule has 13 heavy (non-hydrogen) atoms. The number of carbonyl (C=O) groups is 1. The number of carbonyl (C=O) groups excluding carboxylic acids is 1. The van der Waals surface area contributed by atoms with Gasteiger partial charge < -0.3 is 9.29 Å². The molecule has 0 bridgehead atoms. The van der Waals surface area contributed by atoms with Crippen LogP contribution in [-0.2, 0) is 19.6 Å². The fraction of sp³-hybridized carbons (Fsp3) is 0.500. The summed E-state index contributed by atoms with van der Waals surface area (Å²) in [6.07, 6.45) is 0.948. The van der Waals surface area contributed by atoms with Crippen LogP contribution in [0.5, 0.6) is 0 Å². The van der Waals surface area contributed by atoms with E-state index in [4.69, 9.17) is 0 Å². The van der Waals surface area contributed by atoms with Crippen molar-refractivity contribution in [3.8, 4) is 0 Å². The third-order valence-electron chi connectivity index (χ3n) is 0.918. The summed E-state index contributed by atoms with van der Waals surface area (Å²) < 4.78 is 34.5. The molecule has 0 amide bonds. The van der Waals surface area contributed by atoms with Crippen LogP contribution in [0.4, 0.5) is 0 Å². The second kappa shape index (κ2) is 8.10. The van der Waals surface area contributed by atoms with Gasteiger partial charge in [0.15, 0.2) is 0 Å². The SMILES string of the molecule is C=CCOC(=O)CCS(=O)(=O)[O-].[K+]. The molecule has 0 aromatic carbocycles. The van der Waals surface area contributed by atoms with Gasteiger partial charge in [0.2, 0.25) is 0 Å². The zero-order valence-corrected chi connectivity index (χ0v) is 11.3. The van der Waals surface area contributed by atoms with Crippen LogP contribution in [-0.4, -0.2) is 31.3 Å². The average Bonchev–Trinajstić information content (AvgIpc) is 1.95. The third-order valence-corrected chi connectivity index (χ3v) is 1.62. The van der Waals surface area contributed by atoms with Crippen LogP contribution in [0.2, 0.25) is 0 Å². The van der Waals surface area contributed by atoms with Crippen molar-refractivity contribution in [2.75, 3.05) is 12.4 Å². The standard InChI is InChI=1S/C6H10O5S.K/c1-2-4-11-6(7)3-5-12(8,9)10;/h2H,1,3-5H2,(H,8,9,10);/q;+1/p-1. The van der Waals surface area contributed by atoms with E-state index in [0.29, 0.717) is 0 Å². The van der Waals surface area contributed by atoms with E-state index in [1.165, 1.54) is 6.08 Å². The Labute approximate surface area is 120 Å². The molecule has 0 atom stereocenters.